The number of hydrogen-bond acceptors (Lipinski definition) is 5. The molecule has 136 valence electrons. The molecule has 0 bridgehead atoms. The van der Waals surface area contributed by atoms with Crippen LogP contribution in [0.3, 0.4) is 0 Å². The van der Waals surface area contributed by atoms with Crippen LogP contribution in [0.2, 0.25) is 0 Å². The highest BCUT2D eigenvalue weighted by molar-refractivity contribution is 6.12. The van der Waals surface area contributed by atoms with Crippen molar-refractivity contribution < 1.29 is 34.8 Å². The lowest BCUT2D eigenvalue weighted by molar-refractivity contribution is -0.187. The van der Waals surface area contributed by atoms with Gasteiger partial charge in [0.25, 0.3) is 5.60 Å². The van der Waals surface area contributed by atoms with Crippen LogP contribution in [0.4, 0.5) is 0 Å². The maximum Gasteiger partial charge on any atom is 0.347 e. The molecule has 2 aromatic rings. The van der Waals surface area contributed by atoms with Crippen LogP contribution in [0.5, 0.6) is 0 Å². The minimum absolute atomic E-state index is 0.0333. The van der Waals surface area contributed by atoms with E-state index in [9.17, 15) is 29.7 Å². The van der Waals surface area contributed by atoms with E-state index in [0.29, 0.717) is 11.1 Å². The number of carbonyl (C=O) groups is 3. The fourth-order valence-corrected chi connectivity index (χ4v) is 2.70. The van der Waals surface area contributed by atoms with E-state index >= 15 is 0 Å². The number of aliphatic carboxylic acids is 2. The minimum atomic E-state index is -3.47. The Morgan fingerprint density at radius 2 is 1.38 bits per heavy atom. The Morgan fingerprint density at radius 3 is 1.85 bits per heavy atom. The van der Waals surface area contributed by atoms with Crippen molar-refractivity contribution in [2.75, 3.05) is 0 Å². The number of ketones is 1. The van der Waals surface area contributed by atoms with Crippen molar-refractivity contribution in [3.8, 4) is 0 Å². The molecule has 2 aromatic carbocycles. The number of hydrogen-bond donors (Lipinski definition) is 4. The van der Waals surface area contributed by atoms with Crippen LogP contribution in [0.15, 0.2) is 60.7 Å². The summed E-state index contributed by atoms with van der Waals surface area (Å²) in [6.07, 6.45) is -2.76. The Bertz CT molecular complexity index is 788. The summed E-state index contributed by atoms with van der Waals surface area (Å²) in [5, 5.41) is 38.2. The third-order valence-corrected chi connectivity index (χ3v) is 4.13. The molecule has 7 nitrogen and oxygen atoms in total. The maximum atomic E-state index is 12.9. The topological polar surface area (TPSA) is 132 Å². The number of carboxylic acids is 2. The zero-order valence-electron chi connectivity index (χ0n) is 13.6. The zero-order chi connectivity index (χ0) is 19.3. The van der Waals surface area contributed by atoms with Gasteiger partial charge in [0.2, 0.25) is 0 Å². The molecule has 0 amide bonds. The highest BCUT2D eigenvalue weighted by Crippen LogP contribution is 2.29. The zero-order valence-corrected chi connectivity index (χ0v) is 13.6. The van der Waals surface area contributed by atoms with E-state index in [1.807, 2.05) is 0 Å². The first-order chi connectivity index (χ1) is 12.3. The lowest BCUT2D eigenvalue weighted by atomic mass is 9.78. The molecule has 3 atom stereocenters. The summed E-state index contributed by atoms with van der Waals surface area (Å²) in [6.45, 7) is 0. The van der Waals surface area contributed by atoms with E-state index < -0.39 is 35.3 Å². The van der Waals surface area contributed by atoms with Gasteiger partial charge in [-0.25, -0.2) is 9.59 Å². The number of aliphatic hydroxyl groups is 2. The standard InChI is InChI=1S/C19H18O7/c20-15(19(26,18(24)25)16(21)17(22)23)14(13-9-5-2-6-10-13)11-12-7-3-1-4-8-12/h1-10,14,16,21,26H,11H2,(H,22,23)(H,24,25). The summed E-state index contributed by atoms with van der Waals surface area (Å²) in [6, 6.07) is 16.8. The summed E-state index contributed by atoms with van der Waals surface area (Å²) >= 11 is 0. The van der Waals surface area contributed by atoms with E-state index in [4.69, 9.17) is 5.11 Å². The molecule has 26 heavy (non-hydrogen) atoms. The van der Waals surface area contributed by atoms with Crippen LogP contribution < -0.4 is 0 Å². The average Bonchev–Trinajstić information content (AvgIpc) is 2.65. The van der Waals surface area contributed by atoms with Crippen LogP contribution in [-0.2, 0) is 20.8 Å². The molecule has 7 heteroatoms. The smallest absolute Gasteiger partial charge is 0.347 e. The summed E-state index contributed by atoms with van der Waals surface area (Å²) in [4.78, 5) is 35.5. The predicted molar refractivity (Wildman–Crippen MR) is 90.6 cm³/mol. The normalized spacial score (nSPS) is 15.5. The number of carboxylic acid groups (broad SMARTS) is 2. The van der Waals surface area contributed by atoms with Crippen molar-refractivity contribution in [2.45, 2.75) is 24.0 Å². The van der Waals surface area contributed by atoms with Gasteiger partial charge in [0.1, 0.15) is 0 Å². The number of benzene rings is 2. The van der Waals surface area contributed by atoms with Gasteiger partial charge in [0, 0.05) is 0 Å². The largest absolute Gasteiger partial charge is 0.479 e. The van der Waals surface area contributed by atoms with Crippen molar-refractivity contribution in [1.29, 1.82) is 0 Å². The van der Waals surface area contributed by atoms with Gasteiger partial charge >= 0.3 is 11.9 Å². The maximum absolute atomic E-state index is 12.9. The summed E-state index contributed by atoms with van der Waals surface area (Å²) in [5.41, 5.74) is -2.38. The Labute approximate surface area is 149 Å². The van der Waals surface area contributed by atoms with Crippen molar-refractivity contribution in [3.63, 3.8) is 0 Å². The van der Waals surface area contributed by atoms with Gasteiger partial charge in [-0.05, 0) is 17.5 Å². The molecule has 4 N–H and O–H groups in total. The Hall–Kier alpha value is -3.03. The molecule has 0 saturated carbocycles. The monoisotopic (exact) mass is 358 g/mol. The van der Waals surface area contributed by atoms with E-state index in [1.54, 1.807) is 60.7 Å². The molecule has 2 rings (SSSR count). The van der Waals surface area contributed by atoms with Crippen molar-refractivity contribution in [3.05, 3.63) is 71.8 Å². The lowest BCUT2D eigenvalue weighted by Gasteiger charge is -2.29. The number of Topliss-reactive ketones (excluding diaryl/α,β-unsaturated/α-hetero) is 1. The Kier molecular flexibility index (Phi) is 5.86. The van der Waals surface area contributed by atoms with E-state index in [2.05, 4.69) is 0 Å². The number of aliphatic hydroxyl groups excluding tert-OH is 1. The molecular formula is C19H18O7. The Balaban J connectivity index is 2.51. The van der Waals surface area contributed by atoms with Crippen molar-refractivity contribution >= 4 is 17.7 Å². The average molecular weight is 358 g/mol. The third kappa shape index (κ3) is 3.79. The van der Waals surface area contributed by atoms with Gasteiger partial charge in [-0.1, -0.05) is 60.7 Å². The first kappa shape index (κ1) is 19.3. The summed E-state index contributed by atoms with van der Waals surface area (Å²) in [7, 11) is 0. The van der Waals surface area contributed by atoms with Gasteiger partial charge < -0.3 is 20.4 Å². The molecule has 0 radical (unpaired) electrons. The van der Waals surface area contributed by atoms with Crippen LogP contribution >= 0.6 is 0 Å². The highest BCUT2D eigenvalue weighted by atomic mass is 16.4. The quantitative estimate of drug-likeness (QED) is 0.514. The van der Waals surface area contributed by atoms with E-state index in [-0.39, 0.29) is 6.42 Å². The first-order valence-electron chi connectivity index (χ1n) is 7.78. The number of rotatable bonds is 8. The molecular weight excluding hydrogens is 340 g/mol. The molecule has 0 aliphatic heterocycles. The van der Waals surface area contributed by atoms with Crippen molar-refractivity contribution in [2.24, 2.45) is 0 Å². The van der Waals surface area contributed by atoms with Gasteiger partial charge in [-0.15, -0.1) is 0 Å². The molecule has 0 spiro atoms. The molecule has 0 aliphatic rings. The molecule has 0 aromatic heterocycles. The van der Waals surface area contributed by atoms with Gasteiger partial charge in [0.05, 0.1) is 5.92 Å². The van der Waals surface area contributed by atoms with Gasteiger partial charge in [-0.2, -0.15) is 0 Å². The fraction of sp³-hybridized carbons (Fsp3) is 0.211. The second kappa shape index (κ2) is 7.90. The molecule has 0 aliphatic carbocycles. The van der Waals surface area contributed by atoms with Crippen LogP contribution in [0, 0.1) is 0 Å². The summed E-state index contributed by atoms with van der Waals surface area (Å²) < 4.78 is 0. The second-order valence-corrected chi connectivity index (χ2v) is 5.83. The fourth-order valence-electron chi connectivity index (χ4n) is 2.70. The molecule has 0 fully saturated rings. The van der Waals surface area contributed by atoms with Gasteiger partial charge in [-0.3, -0.25) is 4.79 Å². The molecule has 3 unspecified atom stereocenters. The molecule has 0 heterocycles. The van der Waals surface area contributed by atoms with Crippen molar-refractivity contribution in [1.82, 2.24) is 0 Å². The van der Waals surface area contributed by atoms with Crippen LogP contribution in [-0.4, -0.2) is 49.9 Å². The van der Waals surface area contributed by atoms with E-state index in [0.717, 1.165) is 0 Å². The second-order valence-electron chi connectivity index (χ2n) is 5.83. The Morgan fingerprint density at radius 1 is 0.885 bits per heavy atom. The lowest BCUT2D eigenvalue weighted by Crippen LogP contribution is -2.60. The molecule has 0 saturated heterocycles. The first-order valence-corrected chi connectivity index (χ1v) is 7.78. The van der Waals surface area contributed by atoms with Crippen LogP contribution in [0.25, 0.3) is 0 Å². The highest BCUT2D eigenvalue weighted by Gasteiger charge is 2.56. The van der Waals surface area contributed by atoms with Crippen LogP contribution in [0.1, 0.15) is 17.0 Å². The van der Waals surface area contributed by atoms with E-state index in [1.165, 1.54) is 0 Å². The number of carbonyl (C=O) groups excluding carboxylic acids is 1. The summed E-state index contributed by atoms with van der Waals surface area (Å²) in [5.74, 6) is -6.58. The minimum Gasteiger partial charge on any atom is -0.479 e. The predicted octanol–water partition coefficient (Wildman–Crippen LogP) is 0.843. The SMILES string of the molecule is O=C(O)C(O)C(O)(C(=O)O)C(=O)C(Cc1ccccc1)c1ccccc1. The van der Waals surface area contributed by atoms with Gasteiger partial charge in [0.15, 0.2) is 11.9 Å². The third-order valence-electron chi connectivity index (χ3n) is 4.13.